The van der Waals surface area contributed by atoms with Crippen molar-refractivity contribution in [3.05, 3.63) is 70.3 Å². The van der Waals surface area contributed by atoms with Crippen LogP contribution in [0.5, 0.6) is 0 Å². The summed E-state index contributed by atoms with van der Waals surface area (Å²) in [5, 5.41) is 17.2. The lowest BCUT2D eigenvalue weighted by molar-refractivity contribution is 0.0697. The van der Waals surface area contributed by atoms with Crippen molar-refractivity contribution in [1.29, 1.82) is 0 Å². The first-order chi connectivity index (χ1) is 10.6. The highest BCUT2D eigenvalue weighted by molar-refractivity contribution is 9.10. The molecular formula is C16H12BrN3O2. The van der Waals surface area contributed by atoms with Crippen molar-refractivity contribution >= 4 is 21.9 Å². The number of carboxylic acid groups (broad SMARTS) is 1. The molecule has 3 aromatic rings. The number of hydrogen-bond acceptors (Lipinski definition) is 3. The number of aromatic carboxylic acids is 1. The maximum absolute atomic E-state index is 10.8. The lowest BCUT2D eigenvalue weighted by Gasteiger charge is -2.01. The van der Waals surface area contributed by atoms with E-state index in [0.717, 1.165) is 21.3 Å². The molecule has 0 fully saturated rings. The van der Waals surface area contributed by atoms with E-state index in [4.69, 9.17) is 5.11 Å². The Balaban J connectivity index is 1.76. The zero-order valence-corrected chi connectivity index (χ0v) is 13.1. The number of hydrogen-bond donors (Lipinski definition) is 1. The summed E-state index contributed by atoms with van der Waals surface area (Å²) in [5.41, 5.74) is 3.04. The number of carboxylic acids is 1. The highest BCUT2D eigenvalue weighted by Gasteiger charge is 2.06. The summed E-state index contributed by atoms with van der Waals surface area (Å²) >= 11 is 3.40. The van der Waals surface area contributed by atoms with Crippen LogP contribution in [-0.2, 0) is 6.54 Å². The summed E-state index contributed by atoms with van der Waals surface area (Å²) in [5.74, 6) is -0.926. The maximum Gasteiger partial charge on any atom is 0.335 e. The van der Waals surface area contributed by atoms with E-state index in [2.05, 4.69) is 26.2 Å². The molecule has 0 spiro atoms. The van der Waals surface area contributed by atoms with Gasteiger partial charge in [0, 0.05) is 10.0 Å². The van der Waals surface area contributed by atoms with Crippen molar-refractivity contribution in [2.75, 3.05) is 0 Å². The molecule has 22 heavy (non-hydrogen) atoms. The molecule has 1 aromatic heterocycles. The molecule has 110 valence electrons. The number of rotatable bonds is 4. The molecule has 0 bridgehead atoms. The van der Waals surface area contributed by atoms with Crippen molar-refractivity contribution in [3.8, 4) is 11.3 Å². The van der Waals surface area contributed by atoms with Gasteiger partial charge < -0.3 is 5.11 Å². The highest BCUT2D eigenvalue weighted by atomic mass is 79.9. The molecular weight excluding hydrogens is 346 g/mol. The van der Waals surface area contributed by atoms with Crippen molar-refractivity contribution in [2.45, 2.75) is 6.54 Å². The molecule has 0 radical (unpaired) electrons. The van der Waals surface area contributed by atoms with Gasteiger partial charge in [-0.2, -0.15) is 0 Å². The minimum Gasteiger partial charge on any atom is -0.478 e. The number of nitrogens with zero attached hydrogens (tertiary/aromatic N) is 3. The second-order valence-corrected chi connectivity index (χ2v) is 5.73. The quantitative estimate of drug-likeness (QED) is 0.776. The molecule has 0 aliphatic carbocycles. The van der Waals surface area contributed by atoms with E-state index in [1.165, 1.54) is 0 Å². The van der Waals surface area contributed by atoms with E-state index >= 15 is 0 Å². The number of benzene rings is 2. The minimum atomic E-state index is -0.926. The normalized spacial score (nSPS) is 10.6. The first-order valence-corrected chi connectivity index (χ1v) is 7.39. The number of halogens is 1. The molecule has 0 unspecified atom stereocenters. The Morgan fingerprint density at radius 3 is 2.41 bits per heavy atom. The van der Waals surface area contributed by atoms with E-state index in [0.29, 0.717) is 6.54 Å². The predicted molar refractivity (Wildman–Crippen MR) is 85.7 cm³/mol. The zero-order chi connectivity index (χ0) is 15.5. The summed E-state index contributed by atoms with van der Waals surface area (Å²) < 4.78 is 2.75. The van der Waals surface area contributed by atoms with Crippen molar-refractivity contribution in [1.82, 2.24) is 15.0 Å². The van der Waals surface area contributed by atoms with E-state index in [1.807, 2.05) is 30.5 Å². The Morgan fingerprint density at radius 1 is 1.09 bits per heavy atom. The summed E-state index contributed by atoms with van der Waals surface area (Å²) in [6, 6.07) is 14.6. The summed E-state index contributed by atoms with van der Waals surface area (Å²) in [4.78, 5) is 10.8. The third-order valence-electron chi connectivity index (χ3n) is 3.22. The van der Waals surface area contributed by atoms with Gasteiger partial charge in [0.1, 0.15) is 5.69 Å². The Labute approximate surface area is 135 Å². The van der Waals surface area contributed by atoms with E-state index < -0.39 is 5.97 Å². The van der Waals surface area contributed by atoms with Gasteiger partial charge in [0.25, 0.3) is 0 Å². The first kappa shape index (κ1) is 14.5. The number of aromatic nitrogens is 3. The maximum atomic E-state index is 10.8. The van der Waals surface area contributed by atoms with Crippen LogP contribution in [-0.4, -0.2) is 26.1 Å². The average molecular weight is 358 g/mol. The molecule has 3 rings (SSSR count). The molecule has 2 aromatic carbocycles. The van der Waals surface area contributed by atoms with Gasteiger partial charge >= 0.3 is 5.97 Å². The molecule has 5 nitrogen and oxygen atoms in total. The fraction of sp³-hybridized carbons (Fsp3) is 0.0625. The van der Waals surface area contributed by atoms with Gasteiger partial charge in [-0.3, -0.25) is 0 Å². The lowest BCUT2D eigenvalue weighted by Crippen LogP contribution is -2.01. The van der Waals surface area contributed by atoms with Gasteiger partial charge in [-0.25, -0.2) is 9.48 Å². The van der Waals surface area contributed by atoms with Gasteiger partial charge in [-0.1, -0.05) is 45.4 Å². The van der Waals surface area contributed by atoms with E-state index in [-0.39, 0.29) is 5.56 Å². The molecule has 0 aliphatic heterocycles. The molecule has 0 saturated heterocycles. The van der Waals surface area contributed by atoms with E-state index in [9.17, 15) is 4.79 Å². The Morgan fingerprint density at radius 2 is 1.77 bits per heavy atom. The highest BCUT2D eigenvalue weighted by Crippen LogP contribution is 2.19. The third kappa shape index (κ3) is 3.23. The van der Waals surface area contributed by atoms with Crippen molar-refractivity contribution in [2.24, 2.45) is 0 Å². The van der Waals surface area contributed by atoms with Crippen LogP contribution in [0.25, 0.3) is 11.3 Å². The van der Waals surface area contributed by atoms with Crippen LogP contribution < -0.4 is 0 Å². The Hall–Kier alpha value is -2.47. The van der Waals surface area contributed by atoms with Crippen LogP contribution in [0, 0.1) is 0 Å². The summed E-state index contributed by atoms with van der Waals surface area (Å²) in [7, 11) is 0. The van der Waals surface area contributed by atoms with Gasteiger partial charge in [-0.05, 0) is 29.8 Å². The molecule has 1 N–H and O–H groups in total. The largest absolute Gasteiger partial charge is 0.478 e. The number of carbonyl (C=O) groups is 1. The molecule has 0 aliphatic rings. The second kappa shape index (κ2) is 6.11. The lowest BCUT2D eigenvalue weighted by atomic mass is 10.1. The predicted octanol–water partition coefficient (Wildman–Crippen LogP) is 3.45. The van der Waals surface area contributed by atoms with Crippen LogP contribution in [0.4, 0.5) is 0 Å². The van der Waals surface area contributed by atoms with Crippen LogP contribution >= 0.6 is 15.9 Å². The standard InChI is InChI=1S/C16H12BrN3O2/c17-14-7-5-12(6-8-14)15-10-20(19-18-15)9-11-1-3-13(4-2-11)16(21)22/h1-8,10H,9H2,(H,21,22). The zero-order valence-electron chi connectivity index (χ0n) is 11.5. The second-order valence-electron chi connectivity index (χ2n) is 4.81. The van der Waals surface area contributed by atoms with Gasteiger partial charge in [-0.15, -0.1) is 5.10 Å². The van der Waals surface area contributed by atoms with Crippen LogP contribution in [0.1, 0.15) is 15.9 Å². The molecule has 0 saturated carbocycles. The summed E-state index contributed by atoms with van der Waals surface area (Å²) in [6.45, 7) is 0.545. The molecule has 6 heteroatoms. The summed E-state index contributed by atoms with van der Waals surface area (Å²) in [6.07, 6.45) is 1.87. The fourth-order valence-electron chi connectivity index (χ4n) is 2.07. The first-order valence-electron chi connectivity index (χ1n) is 6.60. The fourth-order valence-corrected chi connectivity index (χ4v) is 2.33. The Kier molecular flexibility index (Phi) is 4.02. The van der Waals surface area contributed by atoms with Crippen molar-refractivity contribution in [3.63, 3.8) is 0 Å². The Bertz CT molecular complexity index is 795. The van der Waals surface area contributed by atoms with Gasteiger partial charge in [0.15, 0.2) is 0 Å². The SMILES string of the molecule is O=C(O)c1ccc(Cn2cc(-c3ccc(Br)cc3)nn2)cc1. The average Bonchev–Trinajstić information content (AvgIpc) is 2.97. The van der Waals surface area contributed by atoms with Gasteiger partial charge in [0.2, 0.25) is 0 Å². The molecule has 0 atom stereocenters. The topological polar surface area (TPSA) is 68.0 Å². The van der Waals surface area contributed by atoms with Crippen LogP contribution in [0.3, 0.4) is 0 Å². The monoisotopic (exact) mass is 357 g/mol. The van der Waals surface area contributed by atoms with Gasteiger partial charge in [0.05, 0.1) is 18.3 Å². The van der Waals surface area contributed by atoms with Crippen molar-refractivity contribution < 1.29 is 9.90 Å². The molecule has 0 amide bonds. The van der Waals surface area contributed by atoms with Crippen LogP contribution in [0.15, 0.2) is 59.2 Å². The minimum absolute atomic E-state index is 0.276. The smallest absolute Gasteiger partial charge is 0.335 e. The van der Waals surface area contributed by atoms with Crippen LogP contribution in [0.2, 0.25) is 0 Å². The van der Waals surface area contributed by atoms with E-state index in [1.54, 1.807) is 28.9 Å². The molecule has 1 heterocycles. The third-order valence-corrected chi connectivity index (χ3v) is 3.75.